The van der Waals surface area contributed by atoms with Gasteiger partial charge in [0.15, 0.2) is 6.23 Å². The highest BCUT2D eigenvalue weighted by Crippen LogP contribution is 2.49. The number of aliphatic hydroxyl groups is 1. The molecule has 0 radical (unpaired) electrons. The molecule has 15 heteroatoms. The van der Waals surface area contributed by atoms with Crippen molar-refractivity contribution in [3.05, 3.63) is 64.2 Å². The fraction of sp³-hybridized carbons (Fsp3) is 0.423. The van der Waals surface area contributed by atoms with Gasteiger partial charge in [-0.15, -0.1) is 11.6 Å². The number of esters is 1. The number of benzene rings is 2. The van der Waals surface area contributed by atoms with Crippen molar-refractivity contribution >= 4 is 53.5 Å². The highest BCUT2D eigenvalue weighted by molar-refractivity contribution is 7.52. The molecule has 0 aliphatic carbocycles. The van der Waals surface area contributed by atoms with Gasteiger partial charge in [0.05, 0.1) is 17.7 Å². The monoisotopic (exact) mass is 628 g/mol. The van der Waals surface area contributed by atoms with Crippen LogP contribution in [-0.2, 0) is 23.4 Å². The number of nitrogens with one attached hydrogen (secondary N) is 1. The zero-order valence-corrected chi connectivity index (χ0v) is 25.1. The third kappa shape index (κ3) is 6.86. The minimum atomic E-state index is -4.34. The molecule has 4 rings (SSSR count). The Morgan fingerprint density at radius 3 is 2.66 bits per heavy atom. The van der Waals surface area contributed by atoms with E-state index in [1.165, 1.54) is 20.0 Å². The van der Waals surface area contributed by atoms with Gasteiger partial charge < -0.3 is 24.8 Å². The first-order chi connectivity index (χ1) is 19.2. The SMILES string of the molecule is CC(C)OC(=O)[C@@H](C)NP(=O)(OC[C@H]1OC(n2cc(Cl)c(N)nc2=O)[C@](C)(Cl)[C@@H]1O)Oc1cccc2ccccc12. The summed E-state index contributed by atoms with van der Waals surface area (Å²) in [5.41, 5.74) is 4.80. The smallest absolute Gasteiger partial charge is 0.459 e. The summed E-state index contributed by atoms with van der Waals surface area (Å²) in [7, 11) is -4.34. The zero-order valence-electron chi connectivity index (χ0n) is 22.7. The van der Waals surface area contributed by atoms with Crippen molar-refractivity contribution in [2.24, 2.45) is 0 Å². The predicted molar refractivity (Wildman–Crippen MR) is 154 cm³/mol. The Balaban J connectivity index is 1.60. The molecule has 41 heavy (non-hydrogen) atoms. The third-order valence-corrected chi connectivity index (χ3v) is 8.67. The number of nitrogens with two attached hydrogens (primary N) is 1. The summed E-state index contributed by atoms with van der Waals surface area (Å²) in [6.45, 7) is 5.76. The first-order valence-corrected chi connectivity index (χ1v) is 15.0. The Morgan fingerprint density at radius 2 is 1.95 bits per heavy atom. The van der Waals surface area contributed by atoms with Crippen molar-refractivity contribution < 1.29 is 33.0 Å². The molecule has 0 bridgehead atoms. The lowest BCUT2D eigenvalue weighted by atomic mass is 10.0. The van der Waals surface area contributed by atoms with E-state index in [-0.39, 0.29) is 16.6 Å². The number of fused-ring (bicyclic) bond motifs is 1. The normalized spacial score (nSPS) is 24.7. The number of nitrogen functional groups attached to an aromatic ring is 1. The first-order valence-electron chi connectivity index (χ1n) is 12.7. The molecule has 1 aromatic heterocycles. The maximum Gasteiger partial charge on any atom is 0.459 e. The number of hydrogen-bond donors (Lipinski definition) is 3. The molecule has 0 saturated carbocycles. The van der Waals surface area contributed by atoms with E-state index in [0.29, 0.717) is 5.39 Å². The summed E-state index contributed by atoms with van der Waals surface area (Å²) in [6.07, 6.45) is -3.05. The Morgan fingerprint density at radius 1 is 1.27 bits per heavy atom. The van der Waals surface area contributed by atoms with Crippen molar-refractivity contribution in [2.45, 2.75) is 63.2 Å². The number of aromatic nitrogens is 2. The lowest BCUT2D eigenvalue weighted by Gasteiger charge is -2.27. The average Bonchev–Trinajstić information content (AvgIpc) is 3.13. The van der Waals surface area contributed by atoms with Crippen LogP contribution in [0.1, 0.15) is 33.9 Å². The largest absolute Gasteiger partial charge is 0.462 e. The first kappa shape index (κ1) is 31.2. The van der Waals surface area contributed by atoms with E-state index >= 15 is 0 Å². The Hall–Kier alpha value is -2.70. The summed E-state index contributed by atoms with van der Waals surface area (Å²) < 4.78 is 37.9. The zero-order chi connectivity index (χ0) is 30.1. The van der Waals surface area contributed by atoms with Crippen LogP contribution in [0.3, 0.4) is 0 Å². The molecule has 222 valence electrons. The second kappa shape index (κ2) is 12.3. The van der Waals surface area contributed by atoms with Gasteiger partial charge in [-0.2, -0.15) is 10.1 Å². The number of carbonyl (C=O) groups excluding carboxylic acids is 1. The van der Waals surface area contributed by atoms with E-state index < -0.39 is 61.5 Å². The lowest BCUT2D eigenvalue weighted by Crippen LogP contribution is -2.42. The van der Waals surface area contributed by atoms with Gasteiger partial charge >= 0.3 is 19.4 Å². The van der Waals surface area contributed by atoms with Crippen LogP contribution in [0.2, 0.25) is 5.02 Å². The molecule has 0 spiro atoms. The number of anilines is 1. The number of ether oxygens (including phenoxy) is 2. The van der Waals surface area contributed by atoms with Gasteiger partial charge in [-0.25, -0.2) is 9.36 Å². The molecule has 1 saturated heterocycles. The topological polar surface area (TPSA) is 164 Å². The van der Waals surface area contributed by atoms with E-state index in [0.717, 1.165) is 9.95 Å². The van der Waals surface area contributed by atoms with E-state index in [4.69, 9.17) is 47.5 Å². The minimum absolute atomic E-state index is 0.0192. The minimum Gasteiger partial charge on any atom is -0.462 e. The van der Waals surface area contributed by atoms with Crippen LogP contribution < -0.4 is 21.0 Å². The van der Waals surface area contributed by atoms with Crippen LogP contribution in [0.5, 0.6) is 5.75 Å². The maximum atomic E-state index is 14.1. The molecule has 12 nitrogen and oxygen atoms in total. The molecule has 0 amide bonds. The Bertz CT molecular complexity index is 1530. The maximum absolute atomic E-state index is 14.1. The number of nitrogens with zero attached hydrogens (tertiary/aromatic N) is 2. The molecule has 2 aromatic carbocycles. The molecule has 4 N–H and O–H groups in total. The van der Waals surface area contributed by atoms with Gasteiger partial charge in [-0.05, 0) is 39.1 Å². The molecule has 2 unspecified atom stereocenters. The number of carbonyl (C=O) groups is 1. The standard InChI is InChI=1S/C26H31Cl2N4O8P/c1-14(2)38-23(34)15(3)31-41(36,40-19-11-7-9-16-8-5-6-10-17(16)19)37-13-20-21(33)26(4,28)24(39-20)32-12-18(27)22(29)30-25(32)35/h5-12,14-15,20-21,24,33H,13H2,1-4H3,(H,31,36)(H2,29,30,35)/t15-,20-,21-,24?,26-,41?/m1/s1. The molecule has 1 fully saturated rings. The third-order valence-electron chi connectivity index (χ3n) is 6.34. The van der Waals surface area contributed by atoms with Gasteiger partial charge in [-0.3, -0.25) is 13.9 Å². The van der Waals surface area contributed by atoms with E-state index in [9.17, 15) is 19.3 Å². The van der Waals surface area contributed by atoms with Crippen molar-refractivity contribution in [1.82, 2.24) is 14.6 Å². The van der Waals surface area contributed by atoms with Crippen molar-refractivity contribution in [3.8, 4) is 5.75 Å². The van der Waals surface area contributed by atoms with Gasteiger partial charge in [0.25, 0.3) is 0 Å². The van der Waals surface area contributed by atoms with Gasteiger partial charge in [-0.1, -0.05) is 48.0 Å². The van der Waals surface area contributed by atoms with E-state index in [1.807, 2.05) is 18.2 Å². The molecule has 3 aromatic rings. The van der Waals surface area contributed by atoms with Crippen LogP contribution in [0.15, 0.2) is 53.5 Å². The van der Waals surface area contributed by atoms with Crippen molar-refractivity contribution in [1.29, 1.82) is 0 Å². The summed E-state index contributed by atoms with van der Waals surface area (Å²) in [5, 5.41) is 15.1. The Labute approximate surface area is 246 Å². The van der Waals surface area contributed by atoms with Gasteiger partial charge in [0.1, 0.15) is 34.7 Å². The predicted octanol–water partition coefficient (Wildman–Crippen LogP) is 4.02. The van der Waals surface area contributed by atoms with Crippen LogP contribution in [0, 0.1) is 0 Å². The number of halogens is 2. The summed E-state index contributed by atoms with van der Waals surface area (Å²) in [6, 6.07) is 11.4. The average molecular weight is 629 g/mol. The lowest BCUT2D eigenvalue weighted by molar-refractivity contribution is -0.149. The van der Waals surface area contributed by atoms with Crippen LogP contribution in [0.4, 0.5) is 5.82 Å². The summed E-state index contributed by atoms with van der Waals surface area (Å²) >= 11 is 12.7. The quantitative estimate of drug-likeness (QED) is 0.169. The summed E-state index contributed by atoms with van der Waals surface area (Å²) in [5.74, 6) is -0.626. The van der Waals surface area contributed by atoms with Gasteiger partial charge in [0.2, 0.25) is 0 Å². The molecule has 6 atom stereocenters. The highest BCUT2D eigenvalue weighted by atomic mass is 35.5. The van der Waals surface area contributed by atoms with Crippen LogP contribution in [0.25, 0.3) is 10.8 Å². The fourth-order valence-corrected chi connectivity index (χ4v) is 6.23. The number of rotatable bonds is 10. The number of alkyl halides is 1. The molecular formula is C26H31Cl2N4O8P. The fourth-order valence-electron chi connectivity index (χ4n) is 4.27. The number of hydrogen-bond acceptors (Lipinski definition) is 10. The van der Waals surface area contributed by atoms with E-state index in [1.54, 1.807) is 38.1 Å². The van der Waals surface area contributed by atoms with Crippen molar-refractivity contribution in [3.63, 3.8) is 0 Å². The summed E-state index contributed by atoms with van der Waals surface area (Å²) in [4.78, 5) is 27.1. The highest BCUT2D eigenvalue weighted by Gasteiger charge is 2.54. The van der Waals surface area contributed by atoms with E-state index in [2.05, 4.69) is 10.1 Å². The second-order valence-corrected chi connectivity index (χ2v) is 12.9. The molecule has 1 aliphatic heterocycles. The van der Waals surface area contributed by atoms with Crippen LogP contribution >= 0.6 is 30.9 Å². The molecule has 1 aliphatic rings. The Kier molecular flexibility index (Phi) is 9.35. The molecule has 2 heterocycles. The molecular weight excluding hydrogens is 598 g/mol. The number of aliphatic hydroxyl groups excluding tert-OH is 1. The van der Waals surface area contributed by atoms with Crippen LogP contribution in [-0.4, -0.2) is 56.5 Å². The van der Waals surface area contributed by atoms with Gasteiger partial charge in [0, 0.05) is 11.6 Å². The van der Waals surface area contributed by atoms with Crippen molar-refractivity contribution in [2.75, 3.05) is 12.3 Å². The second-order valence-electron chi connectivity index (χ2n) is 9.99.